The lowest BCUT2D eigenvalue weighted by Crippen LogP contribution is -2.26. The third-order valence-corrected chi connectivity index (χ3v) is 8.78. The minimum Gasteiger partial charge on any atom is -0.295 e. The molecule has 0 N–H and O–H groups in total. The Balaban J connectivity index is 1.42. The van der Waals surface area contributed by atoms with Crippen LogP contribution in [0.25, 0.3) is 0 Å². The summed E-state index contributed by atoms with van der Waals surface area (Å²) < 4.78 is 0. The lowest BCUT2D eigenvalue weighted by atomic mass is 9.71. The Labute approximate surface area is 232 Å². The monoisotopic (exact) mass is 514 g/mol. The summed E-state index contributed by atoms with van der Waals surface area (Å²) in [5, 5.41) is 0. The molecule has 1 unspecified atom stereocenters. The molecule has 1 aliphatic carbocycles. The van der Waals surface area contributed by atoms with Crippen molar-refractivity contribution in [3.05, 3.63) is 82.4 Å². The molecule has 38 heavy (non-hydrogen) atoms. The Hall–Kier alpha value is -2.48. The van der Waals surface area contributed by atoms with Gasteiger partial charge in [0.05, 0.1) is 0 Å². The predicted molar refractivity (Wildman–Crippen MR) is 161 cm³/mol. The quantitative estimate of drug-likeness (QED) is 0.186. The highest BCUT2D eigenvalue weighted by atomic mass is 16.1. The van der Waals surface area contributed by atoms with Gasteiger partial charge in [-0.25, -0.2) is 0 Å². The zero-order chi connectivity index (χ0) is 27.5. The Morgan fingerprint density at radius 1 is 0.947 bits per heavy atom. The summed E-state index contributed by atoms with van der Waals surface area (Å²) in [6.45, 7) is 11.0. The van der Waals surface area contributed by atoms with Crippen molar-refractivity contribution in [1.29, 1.82) is 0 Å². The van der Waals surface area contributed by atoms with E-state index < -0.39 is 0 Å². The van der Waals surface area contributed by atoms with Crippen molar-refractivity contribution in [2.24, 2.45) is 17.8 Å². The molecule has 0 spiro atoms. The zero-order valence-corrected chi connectivity index (χ0v) is 24.6. The van der Waals surface area contributed by atoms with Crippen LogP contribution in [0.1, 0.15) is 124 Å². The fourth-order valence-corrected chi connectivity index (χ4v) is 6.31. The maximum absolute atomic E-state index is 13.2. The van der Waals surface area contributed by atoms with Crippen LogP contribution in [0.15, 0.2) is 54.6 Å². The van der Waals surface area contributed by atoms with Gasteiger partial charge < -0.3 is 0 Å². The molecule has 0 bridgehead atoms. The molecule has 2 aromatic rings. The second-order valence-corrected chi connectivity index (χ2v) is 11.9. The van der Waals surface area contributed by atoms with Gasteiger partial charge in [-0.15, -0.1) is 0 Å². The summed E-state index contributed by atoms with van der Waals surface area (Å²) in [5.74, 6) is 2.69. The number of carbonyl (C=O) groups is 2. The van der Waals surface area contributed by atoms with Crippen LogP contribution >= 0.6 is 0 Å². The van der Waals surface area contributed by atoms with Gasteiger partial charge in [0.1, 0.15) is 0 Å². The Kier molecular flexibility index (Phi) is 12.0. The molecule has 0 radical (unpaired) electrons. The summed E-state index contributed by atoms with van der Waals surface area (Å²) in [6.07, 6.45) is 15.1. The number of hydrogen-bond acceptors (Lipinski definition) is 2. The normalized spacial score (nSPS) is 18.7. The van der Waals surface area contributed by atoms with Gasteiger partial charge in [-0.3, -0.25) is 9.59 Å². The number of Topliss-reactive ketones (excluding diaryl/α,β-unsaturated/α-hetero) is 1. The number of ketones is 2. The van der Waals surface area contributed by atoms with Crippen LogP contribution in [0.5, 0.6) is 0 Å². The van der Waals surface area contributed by atoms with Gasteiger partial charge in [0.25, 0.3) is 0 Å². The van der Waals surface area contributed by atoms with Gasteiger partial charge in [-0.05, 0) is 110 Å². The maximum Gasteiger partial charge on any atom is 0.165 e. The average Bonchev–Trinajstić information content (AvgIpc) is 2.92. The van der Waals surface area contributed by atoms with Crippen LogP contribution in [0.3, 0.4) is 0 Å². The fourth-order valence-electron chi connectivity index (χ4n) is 6.31. The van der Waals surface area contributed by atoms with Gasteiger partial charge in [0, 0.05) is 17.9 Å². The number of aryl methyl sites for hydroxylation is 2. The van der Waals surface area contributed by atoms with Gasteiger partial charge >= 0.3 is 0 Å². The highest BCUT2D eigenvalue weighted by molar-refractivity contribution is 5.98. The Morgan fingerprint density at radius 3 is 2.26 bits per heavy atom. The van der Waals surface area contributed by atoms with Crippen molar-refractivity contribution < 1.29 is 9.59 Å². The molecule has 1 atom stereocenters. The largest absolute Gasteiger partial charge is 0.295 e. The molecule has 0 heterocycles. The van der Waals surface area contributed by atoms with Crippen LogP contribution in [0, 0.1) is 24.7 Å². The van der Waals surface area contributed by atoms with Crippen molar-refractivity contribution in [2.45, 2.75) is 111 Å². The Morgan fingerprint density at radius 2 is 1.66 bits per heavy atom. The summed E-state index contributed by atoms with van der Waals surface area (Å²) in [5.41, 5.74) is 6.07. The smallest absolute Gasteiger partial charge is 0.165 e. The number of rotatable bonds is 14. The standard InChI is InChI=1S/C36H50O2/c1-6-10-31(12-9-14-35(37)13-8-11-28-15-17-30(18-16-28)26(3)4)32-20-22-33(23-21-32)36(38)34-24-19-29(7-2)27(5)25-34/h8,13,15-19,24-26,31-33H,6-7,9-12,14,20-23H2,1-5H3/b13-8-. The number of carbonyl (C=O) groups excluding carboxylic acids is 2. The lowest BCUT2D eigenvalue weighted by Gasteiger charge is -2.33. The van der Waals surface area contributed by atoms with Gasteiger partial charge in [-0.2, -0.15) is 0 Å². The second kappa shape index (κ2) is 15.2. The molecule has 1 fully saturated rings. The minimum atomic E-state index is 0.175. The lowest BCUT2D eigenvalue weighted by molar-refractivity contribution is -0.114. The average molecular weight is 515 g/mol. The predicted octanol–water partition coefficient (Wildman–Crippen LogP) is 9.62. The van der Waals surface area contributed by atoms with E-state index in [2.05, 4.69) is 71.0 Å². The van der Waals surface area contributed by atoms with Crippen molar-refractivity contribution >= 4 is 11.6 Å². The zero-order valence-electron chi connectivity index (χ0n) is 24.6. The highest BCUT2D eigenvalue weighted by Gasteiger charge is 2.30. The summed E-state index contributed by atoms with van der Waals surface area (Å²) >= 11 is 0. The topological polar surface area (TPSA) is 34.1 Å². The van der Waals surface area contributed by atoms with Crippen molar-refractivity contribution in [1.82, 2.24) is 0 Å². The van der Waals surface area contributed by atoms with Crippen LogP contribution in [0.4, 0.5) is 0 Å². The van der Waals surface area contributed by atoms with Crippen LogP contribution < -0.4 is 0 Å². The second-order valence-electron chi connectivity index (χ2n) is 11.9. The molecule has 206 valence electrons. The summed E-state index contributed by atoms with van der Waals surface area (Å²) in [7, 11) is 0. The van der Waals surface area contributed by atoms with E-state index in [-0.39, 0.29) is 11.7 Å². The van der Waals surface area contributed by atoms with Crippen molar-refractivity contribution in [2.75, 3.05) is 0 Å². The molecular formula is C36H50O2. The van der Waals surface area contributed by atoms with E-state index in [1.54, 1.807) is 6.08 Å². The first-order valence-corrected chi connectivity index (χ1v) is 15.2. The third kappa shape index (κ3) is 8.79. The highest BCUT2D eigenvalue weighted by Crippen LogP contribution is 2.39. The molecule has 0 aromatic heterocycles. The van der Waals surface area contributed by atoms with Crippen molar-refractivity contribution in [3.63, 3.8) is 0 Å². The molecule has 0 amide bonds. The summed E-state index contributed by atoms with van der Waals surface area (Å²) in [4.78, 5) is 25.7. The van der Waals surface area contributed by atoms with Crippen LogP contribution in [-0.4, -0.2) is 11.6 Å². The van der Waals surface area contributed by atoms with E-state index in [9.17, 15) is 9.59 Å². The van der Waals surface area contributed by atoms with Crippen LogP contribution in [-0.2, 0) is 17.6 Å². The van der Waals surface area contributed by atoms with E-state index in [4.69, 9.17) is 0 Å². The molecule has 0 saturated heterocycles. The first kappa shape index (κ1) is 30.1. The fraction of sp³-hybridized carbons (Fsp3) is 0.556. The van der Waals surface area contributed by atoms with Gasteiger partial charge in [0.2, 0.25) is 0 Å². The number of allylic oxidation sites excluding steroid dienone is 2. The van der Waals surface area contributed by atoms with Gasteiger partial charge in [-0.1, -0.05) is 83.0 Å². The van der Waals surface area contributed by atoms with E-state index in [0.29, 0.717) is 30.0 Å². The summed E-state index contributed by atoms with van der Waals surface area (Å²) in [6, 6.07) is 15.0. The number of benzene rings is 2. The maximum atomic E-state index is 13.2. The third-order valence-electron chi connectivity index (χ3n) is 8.78. The first-order chi connectivity index (χ1) is 18.3. The van der Waals surface area contributed by atoms with Gasteiger partial charge in [0.15, 0.2) is 11.6 Å². The molecular weight excluding hydrogens is 464 g/mol. The number of hydrogen-bond donors (Lipinski definition) is 0. The molecule has 2 aromatic carbocycles. The molecule has 1 aliphatic rings. The molecule has 2 nitrogen and oxygen atoms in total. The minimum absolute atomic E-state index is 0.175. The van der Waals surface area contributed by atoms with Crippen LogP contribution in [0.2, 0.25) is 0 Å². The first-order valence-electron chi connectivity index (χ1n) is 15.2. The van der Waals surface area contributed by atoms with E-state index in [1.807, 2.05) is 12.1 Å². The van der Waals surface area contributed by atoms with E-state index in [1.165, 1.54) is 35.1 Å². The molecule has 1 saturated carbocycles. The van der Waals surface area contributed by atoms with E-state index >= 15 is 0 Å². The van der Waals surface area contributed by atoms with Crippen molar-refractivity contribution in [3.8, 4) is 0 Å². The molecule has 2 heteroatoms. The Bertz CT molecular complexity index is 1050. The SMILES string of the molecule is CCCC(CCCC(=O)/C=C\Cc1ccc(C(C)C)cc1)C1CCC(C(=O)c2ccc(CC)c(C)c2)CC1. The molecule has 0 aliphatic heterocycles. The van der Waals surface area contributed by atoms with E-state index in [0.717, 1.165) is 56.9 Å². The molecule has 3 rings (SSSR count).